The molecule has 0 atom stereocenters. The number of sulfonamides is 1. The number of rotatable bonds is 6. The molecule has 0 unspecified atom stereocenters. The Balaban J connectivity index is 2.15. The second kappa shape index (κ2) is 6.67. The topological polar surface area (TPSA) is 63.4 Å². The molecule has 20 heavy (non-hydrogen) atoms. The van der Waals surface area contributed by atoms with Crippen molar-refractivity contribution in [1.82, 2.24) is 4.31 Å². The lowest BCUT2D eigenvalue weighted by molar-refractivity contribution is 0.469. The molecule has 2 aromatic heterocycles. The van der Waals surface area contributed by atoms with Gasteiger partial charge in [-0.05, 0) is 58.0 Å². The Hall–Kier alpha value is -0.250. The summed E-state index contributed by atoms with van der Waals surface area (Å²) in [6.45, 7) is 0.896. The molecule has 0 aliphatic heterocycles. The molecule has 2 heterocycles. The zero-order chi connectivity index (χ0) is 14.8. The second-order valence-electron chi connectivity index (χ2n) is 4.28. The molecule has 8 heteroatoms. The quantitative estimate of drug-likeness (QED) is 0.818. The smallest absolute Gasteiger partial charge is 0.252 e. The van der Waals surface area contributed by atoms with Crippen molar-refractivity contribution in [2.24, 2.45) is 5.73 Å². The molecular formula is C12H15BrN2O2S3. The van der Waals surface area contributed by atoms with Crippen LogP contribution in [-0.2, 0) is 23.0 Å². The van der Waals surface area contributed by atoms with E-state index in [1.54, 1.807) is 24.5 Å². The molecule has 0 saturated carbocycles. The molecule has 2 rings (SSSR count). The van der Waals surface area contributed by atoms with Gasteiger partial charge in [0.2, 0.25) is 0 Å². The Bertz CT molecular complexity index is 678. The fourth-order valence-corrected chi connectivity index (χ4v) is 5.64. The fraction of sp³-hybridized carbons (Fsp3) is 0.333. The first-order chi connectivity index (χ1) is 9.43. The Morgan fingerprint density at radius 2 is 2.15 bits per heavy atom. The van der Waals surface area contributed by atoms with Crippen molar-refractivity contribution in [2.75, 3.05) is 13.6 Å². The van der Waals surface area contributed by atoms with Gasteiger partial charge in [0.25, 0.3) is 10.0 Å². The third-order valence-corrected chi connectivity index (χ3v) is 7.69. The largest absolute Gasteiger partial charge is 0.330 e. The van der Waals surface area contributed by atoms with Crippen LogP contribution in [0.2, 0.25) is 0 Å². The first kappa shape index (κ1) is 16.1. The average Bonchev–Trinajstić information content (AvgIpc) is 2.99. The van der Waals surface area contributed by atoms with Crippen LogP contribution in [0.25, 0.3) is 0 Å². The van der Waals surface area contributed by atoms with E-state index in [0.717, 1.165) is 14.2 Å². The highest BCUT2D eigenvalue weighted by Crippen LogP contribution is 2.27. The third-order valence-electron chi connectivity index (χ3n) is 2.72. The molecule has 0 bridgehead atoms. The van der Waals surface area contributed by atoms with Crippen LogP contribution in [0, 0.1) is 0 Å². The van der Waals surface area contributed by atoms with Gasteiger partial charge in [-0.1, -0.05) is 0 Å². The van der Waals surface area contributed by atoms with E-state index >= 15 is 0 Å². The van der Waals surface area contributed by atoms with E-state index in [-0.39, 0.29) is 0 Å². The number of thiophene rings is 2. The van der Waals surface area contributed by atoms with Crippen LogP contribution >= 0.6 is 38.6 Å². The summed E-state index contributed by atoms with van der Waals surface area (Å²) >= 11 is 6.22. The zero-order valence-electron chi connectivity index (χ0n) is 10.9. The Kier molecular flexibility index (Phi) is 5.38. The maximum Gasteiger partial charge on any atom is 0.252 e. The summed E-state index contributed by atoms with van der Waals surface area (Å²) in [5, 5.41) is 1.95. The van der Waals surface area contributed by atoms with E-state index in [9.17, 15) is 8.42 Å². The molecule has 0 spiro atoms. The van der Waals surface area contributed by atoms with Crippen molar-refractivity contribution < 1.29 is 8.42 Å². The second-order valence-corrected chi connectivity index (χ2v) is 10.0. The lowest BCUT2D eigenvalue weighted by Gasteiger charge is -2.15. The highest BCUT2D eigenvalue weighted by atomic mass is 79.9. The SMILES string of the molecule is CN(Cc1csc(Br)c1)S(=O)(=O)c1ccc(CCN)s1. The summed E-state index contributed by atoms with van der Waals surface area (Å²) in [6, 6.07) is 5.43. The Morgan fingerprint density at radius 1 is 1.40 bits per heavy atom. The zero-order valence-corrected chi connectivity index (χ0v) is 14.9. The van der Waals surface area contributed by atoms with Gasteiger partial charge in [0, 0.05) is 18.5 Å². The number of halogens is 1. The molecule has 0 amide bonds. The van der Waals surface area contributed by atoms with Gasteiger partial charge >= 0.3 is 0 Å². The van der Waals surface area contributed by atoms with Gasteiger partial charge in [-0.3, -0.25) is 0 Å². The lowest BCUT2D eigenvalue weighted by atomic mass is 10.3. The van der Waals surface area contributed by atoms with Crippen LogP contribution in [0.15, 0.2) is 31.6 Å². The van der Waals surface area contributed by atoms with Crippen molar-refractivity contribution >= 4 is 48.6 Å². The maximum atomic E-state index is 12.5. The minimum absolute atomic E-state index is 0.370. The summed E-state index contributed by atoms with van der Waals surface area (Å²) in [5.74, 6) is 0. The van der Waals surface area contributed by atoms with Gasteiger partial charge in [-0.15, -0.1) is 22.7 Å². The van der Waals surface area contributed by atoms with Gasteiger partial charge in [0.05, 0.1) is 3.79 Å². The van der Waals surface area contributed by atoms with E-state index in [4.69, 9.17) is 5.73 Å². The summed E-state index contributed by atoms with van der Waals surface area (Å²) in [6.07, 6.45) is 0.710. The number of hydrogen-bond donors (Lipinski definition) is 1. The molecule has 0 aliphatic rings. The van der Waals surface area contributed by atoms with Gasteiger partial charge in [0.1, 0.15) is 4.21 Å². The standard InChI is InChI=1S/C12H15BrN2O2S3/c1-15(7-9-6-11(13)18-8-9)20(16,17)12-3-2-10(19-12)4-5-14/h2-3,6,8H,4-5,7,14H2,1H3. The Morgan fingerprint density at radius 3 is 2.75 bits per heavy atom. The van der Waals surface area contributed by atoms with Gasteiger partial charge in [-0.2, -0.15) is 4.31 Å². The molecule has 0 saturated heterocycles. The monoisotopic (exact) mass is 394 g/mol. The summed E-state index contributed by atoms with van der Waals surface area (Å²) in [4.78, 5) is 0.998. The van der Waals surface area contributed by atoms with Crippen molar-refractivity contribution in [3.63, 3.8) is 0 Å². The average molecular weight is 395 g/mol. The molecular weight excluding hydrogens is 380 g/mol. The van der Waals surface area contributed by atoms with Crippen LogP contribution < -0.4 is 5.73 Å². The van der Waals surface area contributed by atoms with Crippen LogP contribution in [0.4, 0.5) is 0 Å². The van der Waals surface area contributed by atoms with E-state index in [0.29, 0.717) is 23.7 Å². The van der Waals surface area contributed by atoms with Crippen LogP contribution in [0.3, 0.4) is 0 Å². The van der Waals surface area contributed by atoms with Crippen LogP contribution in [0.5, 0.6) is 0 Å². The highest BCUT2D eigenvalue weighted by Gasteiger charge is 2.23. The minimum Gasteiger partial charge on any atom is -0.330 e. The van der Waals surface area contributed by atoms with Gasteiger partial charge in [-0.25, -0.2) is 8.42 Å². The molecule has 0 aromatic carbocycles. The lowest BCUT2D eigenvalue weighted by Crippen LogP contribution is -2.25. The minimum atomic E-state index is -3.43. The van der Waals surface area contributed by atoms with E-state index < -0.39 is 10.0 Å². The van der Waals surface area contributed by atoms with Crippen LogP contribution in [-0.4, -0.2) is 26.3 Å². The molecule has 2 aromatic rings. The van der Waals surface area contributed by atoms with Gasteiger partial charge in [0.15, 0.2) is 0 Å². The van der Waals surface area contributed by atoms with Crippen molar-refractivity contribution in [2.45, 2.75) is 17.2 Å². The van der Waals surface area contributed by atoms with E-state index in [2.05, 4.69) is 15.9 Å². The summed E-state index contributed by atoms with van der Waals surface area (Å²) < 4.78 is 27.7. The predicted octanol–water partition coefficient (Wildman–Crippen LogP) is 2.89. The van der Waals surface area contributed by atoms with Crippen LogP contribution in [0.1, 0.15) is 10.4 Å². The molecule has 110 valence electrons. The number of hydrogen-bond acceptors (Lipinski definition) is 5. The molecule has 4 nitrogen and oxygen atoms in total. The van der Waals surface area contributed by atoms with E-state index in [1.165, 1.54) is 15.6 Å². The molecule has 0 radical (unpaired) electrons. The first-order valence-corrected chi connectivity index (χ1v) is 9.84. The predicted molar refractivity (Wildman–Crippen MR) is 87.7 cm³/mol. The van der Waals surface area contributed by atoms with Gasteiger partial charge < -0.3 is 5.73 Å². The van der Waals surface area contributed by atoms with Crippen molar-refractivity contribution in [3.05, 3.63) is 37.8 Å². The summed E-state index contributed by atoms with van der Waals surface area (Å²) in [7, 11) is -1.82. The molecule has 0 aliphatic carbocycles. The number of nitrogens with two attached hydrogens (primary N) is 1. The fourth-order valence-electron chi connectivity index (χ4n) is 1.70. The maximum absolute atomic E-state index is 12.5. The third kappa shape index (κ3) is 3.69. The highest BCUT2D eigenvalue weighted by molar-refractivity contribution is 9.11. The molecule has 0 fully saturated rings. The summed E-state index contributed by atoms with van der Waals surface area (Å²) in [5.41, 5.74) is 6.47. The van der Waals surface area contributed by atoms with E-state index in [1.807, 2.05) is 17.5 Å². The van der Waals surface area contributed by atoms with Crippen molar-refractivity contribution in [3.8, 4) is 0 Å². The number of nitrogens with zero attached hydrogens (tertiary/aromatic N) is 1. The van der Waals surface area contributed by atoms with Crippen molar-refractivity contribution in [1.29, 1.82) is 0 Å². The first-order valence-electron chi connectivity index (χ1n) is 5.91. The molecule has 2 N–H and O–H groups in total. The Labute approximate surface area is 135 Å². The normalized spacial score (nSPS) is 12.2.